The topological polar surface area (TPSA) is 24.5 Å². The summed E-state index contributed by atoms with van der Waals surface area (Å²) in [6.07, 6.45) is 3.91. The summed E-state index contributed by atoms with van der Waals surface area (Å²) < 4.78 is 5.34. The standard InChI is InChI=1S/C12H24N2O/c1-2-15-9-3-6-13-12-5-8-14-7-4-11(12)10-14/h11-13H,2-10H2,1H3. The van der Waals surface area contributed by atoms with E-state index in [1.54, 1.807) is 0 Å². The molecule has 0 aromatic heterocycles. The van der Waals surface area contributed by atoms with E-state index in [-0.39, 0.29) is 0 Å². The Morgan fingerprint density at radius 2 is 2.20 bits per heavy atom. The second-order valence-electron chi connectivity index (χ2n) is 4.75. The molecule has 2 aliphatic rings. The SMILES string of the molecule is CCOCCCNC1CCN2CCC1C2. The van der Waals surface area contributed by atoms with Crippen LogP contribution in [-0.4, -0.2) is 50.3 Å². The molecule has 3 atom stereocenters. The van der Waals surface area contributed by atoms with Gasteiger partial charge in [-0.15, -0.1) is 0 Å². The first kappa shape index (κ1) is 11.4. The van der Waals surface area contributed by atoms with Gasteiger partial charge in [-0.05, 0) is 51.7 Å². The molecule has 3 nitrogen and oxygen atoms in total. The Kier molecular flexibility index (Phi) is 4.42. The number of nitrogens with one attached hydrogen (secondary N) is 1. The van der Waals surface area contributed by atoms with Crippen molar-refractivity contribution >= 4 is 0 Å². The van der Waals surface area contributed by atoms with E-state index in [1.165, 1.54) is 32.5 Å². The second kappa shape index (κ2) is 5.83. The van der Waals surface area contributed by atoms with E-state index in [2.05, 4.69) is 17.1 Å². The van der Waals surface area contributed by atoms with E-state index in [1.807, 2.05) is 0 Å². The van der Waals surface area contributed by atoms with Crippen molar-refractivity contribution in [2.24, 2.45) is 5.92 Å². The van der Waals surface area contributed by atoms with Gasteiger partial charge in [0.2, 0.25) is 0 Å². The van der Waals surface area contributed by atoms with E-state index in [9.17, 15) is 0 Å². The van der Waals surface area contributed by atoms with Crippen LogP contribution in [0.15, 0.2) is 0 Å². The summed E-state index contributed by atoms with van der Waals surface area (Å²) in [5, 5.41) is 3.70. The molecular weight excluding hydrogens is 188 g/mol. The van der Waals surface area contributed by atoms with Crippen molar-refractivity contribution in [3.8, 4) is 0 Å². The van der Waals surface area contributed by atoms with Gasteiger partial charge in [-0.1, -0.05) is 0 Å². The Hall–Kier alpha value is -0.120. The van der Waals surface area contributed by atoms with Crippen molar-refractivity contribution < 1.29 is 4.74 Å². The van der Waals surface area contributed by atoms with Crippen molar-refractivity contribution in [3.05, 3.63) is 0 Å². The number of fused-ring (bicyclic) bond motifs is 2. The quantitative estimate of drug-likeness (QED) is 0.667. The average molecular weight is 212 g/mol. The maximum absolute atomic E-state index is 5.34. The van der Waals surface area contributed by atoms with Crippen LogP contribution in [0.25, 0.3) is 0 Å². The van der Waals surface area contributed by atoms with E-state index in [4.69, 9.17) is 4.74 Å². The van der Waals surface area contributed by atoms with Crippen molar-refractivity contribution in [1.29, 1.82) is 0 Å². The monoisotopic (exact) mass is 212 g/mol. The largest absolute Gasteiger partial charge is 0.382 e. The number of piperidine rings is 1. The lowest BCUT2D eigenvalue weighted by Crippen LogP contribution is -2.44. The molecule has 0 amide bonds. The molecule has 0 radical (unpaired) electrons. The van der Waals surface area contributed by atoms with Crippen LogP contribution in [0, 0.1) is 5.92 Å². The molecule has 0 aromatic rings. The first-order valence-corrected chi connectivity index (χ1v) is 6.43. The molecule has 0 spiro atoms. The molecular formula is C12H24N2O. The number of hydrogen-bond acceptors (Lipinski definition) is 3. The molecule has 0 aliphatic carbocycles. The Morgan fingerprint density at radius 3 is 3.07 bits per heavy atom. The summed E-state index contributed by atoms with van der Waals surface area (Å²) in [4.78, 5) is 2.60. The van der Waals surface area contributed by atoms with E-state index < -0.39 is 0 Å². The highest BCUT2D eigenvalue weighted by Gasteiger charge is 2.33. The fraction of sp³-hybridized carbons (Fsp3) is 1.00. The highest BCUT2D eigenvalue weighted by atomic mass is 16.5. The van der Waals surface area contributed by atoms with Gasteiger partial charge < -0.3 is 15.0 Å². The van der Waals surface area contributed by atoms with Gasteiger partial charge in [-0.3, -0.25) is 0 Å². The molecule has 2 aliphatic heterocycles. The molecule has 0 saturated carbocycles. The van der Waals surface area contributed by atoms with Crippen LogP contribution in [-0.2, 0) is 4.74 Å². The molecule has 2 rings (SSSR count). The molecule has 3 unspecified atom stereocenters. The molecule has 2 fully saturated rings. The van der Waals surface area contributed by atoms with Crippen molar-refractivity contribution in [1.82, 2.24) is 10.2 Å². The van der Waals surface area contributed by atoms with Crippen LogP contribution < -0.4 is 5.32 Å². The molecule has 2 bridgehead atoms. The summed E-state index contributed by atoms with van der Waals surface area (Å²) in [7, 11) is 0. The average Bonchev–Trinajstić information content (AvgIpc) is 2.64. The Bertz CT molecular complexity index is 186. The van der Waals surface area contributed by atoms with E-state index >= 15 is 0 Å². The molecule has 2 heterocycles. The molecule has 15 heavy (non-hydrogen) atoms. The molecule has 88 valence electrons. The van der Waals surface area contributed by atoms with Crippen LogP contribution in [0.2, 0.25) is 0 Å². The third-order valence-corrected chi connectivity index (χ3v) is 3.71. The second-order valence-corrected chi connectivity index (χ2v) is 4.75. The van der Waals surface area contributed by atoms with E-state index in [0.29, 0.717) is 0 Å². The lowest BCUT2D eigenvalue weighted by molar-refractivity contribution is 0.141. The number of rotatable bonds is 6. The third-order valence-electron chi connectivity index (χ3n) is 3.71. The Morgan fingerprint density at radius 1 is 1.33 bits per heavy atom. The van der Waals surface area contributed by atoms with Gasteiger partial charge in [0, 0.05) is 25.8 Å². The number of nitrogens with zero attached hydrogens (tertiary/aromatic N) is 1. The lowest BCUT2D eigenvalue weighted by Gasteiger charge is -2.31. The van der Waals surface area contributed by atoms with Crippen LogP contribution >= 0.6 is 0 Å². The fourth-order valence-corrected chi connectivity index (χ4v) is 2.83. The summed E-state index contributed by atoms with van der Waals surface area (Å²) in [6.45, 7) is 8.92. The predicted octanol–water partition coefficient (Wildman–Crippen LogP) is 1.10. The van der Waals surface area contributed by atoms with Gasteiger partial charge in [0.15, 0.2) is 0 Å². The summed E-state index contributed by atoms with van der Waals surface area (Å²) >= 11 is 0. The number of ether oxygens (including phenoxy) is 1. The summed E-state index contributed by atoms with van der Waals surface area (Å²) in [5.74, 6) is 0.922. The van der Waals surface area contributed by atoms with Crippen LogP contribution in [0.5, 0.6) is 0 Å². The minimum absolute atomic E-state index is 0.783. The highest BCUT2D eigenvalue weighted by Crippen LogP contribution is 2.26. The maximum atomic E-state index is 5.34. The zero-order chi connectivity index (χ0) is 10.5. The van der Waals surface area contributed by atoms with Gasteiger partial charge in [0.05, 0.1) is 0 Å². The zero-order valence-corrected chi connectivity index (χ0v) is 9.87. The van der Waals surface area contributed by atoms with Gasteiger partial charge in [-0.2, -0.15) is 0 Å². The normalized spacial score (nSPS) is 34.6. The van der Waals surface area contributed by atoms with Gasteiger partial charge in [0.25, 0.3) is 0 Å². The van der Waals surface area contributed by atoms with Crippen molar-refractivity contribution in [2.75, 3.05) is 39.4 Å². The third kappa shape index (κ3) is 3.16. The molecule has 1 N–H and O–H groups in total. The Balaban J connectivity index is 1.58. The number of hydrogen-bond donors (Lipinski definition) is 1. The summed E-state index contributed by atoms with van der Waals surface area (Å²) in [5.41, 5.74) is 0. The molecule has 3 heteroatoms. The minimum atomic E-state index is 0.783. The molecule has 0 aromatic carbocycles. The first-order valence-electron chi connectivity index (χ1n) is 6.43. The first-order chi connectivity index (χ1) is 7.40. The molecule has 2 saturated heterocycles. The van der Waals surface area contributed by atoms with Gasteiger partial charge in [0.1, 0.15) is 0 Å². The van der Waals surface area contributed by atoms with Crippen LogP contribution in [0.3, 0.4) is 0 Å². The lowest BCUT2D eigenvalue weighted by atomic mass is 9.94. The van der Waals surface area contributed by atoms with Crippen molar-refractivity contribution in [2.45, 2.75) is 32.2 Å². The fourth-order valence-electron chi connectivity index (χ4n) is 2.83. The highest BCUT2D eigenvalue weighted by molar-refractivity contribution is 4.90. The maximum Gasteiger partial charge on any atom is 0.0477 e. The van der Waals surface area contributed by atoms with Gasteiger partial charge >= 0.3 is 0 Å². The van der Waals surface area contributed by atoms with Crippen LogP contribution in [0.4, 0.5) is 0 Å². The zero-order valence-electron chi connectivity index (χ0n) is 9.87. The van der Waals surface area contributed by atoms with Crippen LogP contribution in [0.1, 0.15) is 26.2 Å². The predicted molar refractivity (Wildman–Crippen MR) is 62.1 cm³/mol. The van der Waals surface area contributed by atoms with Gasteiger partial charge in [-0.25, -0.2) is 0 Å². The minimum Gasteiger partial charge on any atom is -0.382 e. The smallest absolute Gasteiger partial charge is 0.0477 e. The van der Waals surface area contributed by atoms with E-state index in [0.717, 1.165) is 38.1 Å². The van der Waals surface area contributed by atoms with Crippen molar-refractivity contribution in [3.63, 3.8) is 0 Å². The summed E-state index contributed by atoms with van der Waals surface area (Å²) in [6, 6.07) is 0.783. The Labute approximate surface area is 93.2 Å².